The SMILES string of the molecule is Cl.Cl.c1cc([C@H](C2CCC2)N2CCNCC2)ccn1. The second-order valence-corrected chi connectivity index (χ2v) is 5.20. The first kappa shape index (κ1) is 16.7. The molecule has 3 nitrogen and oxygen atoms in total. The minimum atomic E-state index is 0. The Morgan fingerprint density at radius 2 is 1.74 bits per heavy atom. The van der Waals surface area contributed by atoms with Gasteiger partial charge >= 0.3 is 0 Å². The van der Waals surface area contributed by atoms with Gasteiger partial charge in [-0.25, -0.2) is 0 Å². The van der Waals surface area contributed by atoms with E-state index in [1.54, 1.807) is 0 Å². The van der Waals surface area contributed by atoms with Crippen LogP contribution in [0.4, 0.5) is 0 Å². The number of halogens is 2. The molecule has 0 unspecified atom stereocenters. The lowest BCUT2D eigenvalue weighted by Crippen LogP contribution is -2.47. The van der Waals surface area contributed by atoms with Crippen LogP contribution in [0.25, 0.3) is 0 Å². The third kappa shape index (κ3) is 3.82. The van der Waals surface area contributed by atoms with Crippen molar-refractivity contribution in [2.24, 2.45) is 5.92 Å². The highest BCUT2D eigenvalue weighted by Gasteiger charge is 2.33. The lowest BCUT2D eigenvalue weighted by atomic mass is 9.76. The molecule has 0 radical (unpaired) electrons. The molecule has 0 spiro atoms. The summed E-state index contributed by atoms with van der Waals surface area (Å²) in [5.74, 6) is 0.871. The fraction of sp³-hybridized carbons (Fsp3) is 0.643. The predicted molar refractivity (Wildman–Crippen MR) is 83.3 cm³/mol. The Bertz CT molecular complexity index is 351. The number of nitrogens with zero attached hydrogens (tertiary/aromatic N) is 2. The van der Waals surface area contributed by atoms with Gasteiger partial charge < -0.3 is 5.32 Å². The number of aromatic nitrogens is 1. The molecule has 5 heteroatoms. The number of hydrogen-bond acceptors (Lipinski definition) is 3. The second kappa shape index (κ2) is 8.05. The standard InChI is InChI=1S/C14H21N3.2ClH/c1-2-12(3-1)14(13-4-6-15-7-5-13)17-10-8-16-9-11-17;;/h4-7,12,14,16H,1-3,8-11H2;2*1H/t14-;;/m0../s1. The monoisotopic (exact) mass is 303 g/mol. The molecule has 0 bridgehead atoms. The van der Waals surface area contributed by atoms with E-state index in [2.05, 4.69) is 27.3 Å². The molecule has 3 rings (SSSR count). The van der Waals surface area contributed by atoms with Crippen molar-refractivity contribution in [2.75, 3.05) is 26.2 Å². The van der Waals surface area contributed by atoms with Crippen LogP contribution in [0, 0.1) is 5.92 Å². The third-order valence-electron chi connectivity index (χ3n) is 4.19. The highest BCUT2D eigenvalue weighted by molar-refractivity contribution is 5.85. The lowest BCUT2D eigenvalue weighted by Gasteiger charge is -2.43. The van der Waals surface area contributed by atoms with Gasteiger partial charge in [-0.1, -0.05) is 6.42 Å². The summed E-state index contributed by atoms with van der Waals surface area (Å²) in [5, 5.41) is 3.44. The van der Waals surface area contributed by atoms with E-state index in [-0.39, 0.29) is 24.8 Å². The molecule has 2 heterocycles. The largest absolute Gasteiger partial charge is 0.314 e. The highest BCUT2D eigenvalue weighted by Crippen LogP contribution is 2.41. The zero-order valence-corrected chi connectivity index (χ0v) is 12.8. The van der Waals surface area contributed by atoms with Gasteiger partial charge in [-0.05, 0) is 36.5 Å². The molecule has 108 valence electrons. The zero-order chi connectivity index (χ0) is 11.5. The van der Waals surface area contributed by atoms with Crippen molar-refractivity contribution in [3.05, 3.63) is 30.1 Å². The van der Waals surface area contributed by atoms with Crippen LogP contribution in [0.3, 0.4) is 0 Å². The lowest BCUT2D eigenvalue weighted by molar-refractivity contribution is 0.0836. The van der Waals surface area contributed by atoms with Crippen molar-refractivity contribution in [1.82, 2.24) is 15.2 Å². The number of rotatable bonds is 3. The van der Waals surface area contributed by atoms with Crippen LogP contribution < -0.4 is 5.32 Å². The van der Waals surface area contributed by atoms with Gasteiger partial charge in [-0.2, -0.15) is 0 Å². The molecular formula is C14H23Cl2N3. The number of hydrogen-bond donors (Lipinski definition) is 1. The summed E-state index contributed by atoms with van der Waals surface area (Å²) >= 11 is 0. The number of nitrogens with one attached hydrogen (secondary N) is 1. The van der Waals surface area contributed by atoms with Gasteiger partial charge in [0, 0.05) is 44.6 Å². The Labute approximate surface area is 128 Å². The van der Waals surface area contributed by atoms with Gasteiger partial charge in [0.1, 0.15) is 0 Å². The molecule has 1 aromatic heterocycles. The van der Waals surface area contributed by atoms with Crippen molar-refractivity contribution in [2.45, 2.75) is 25.3 Å². The Hall–Kier alpha value is -0.350. The van der Waals surface area contributed by atoms with Gasteiger partial charge in [0.2, 0.25) is 0 Å². The van der Waals surface area contributed by atoms with Gasteiger partial charge in [-0.15, -0.1) is 24.8 Å². The van der Waals surface area contributed by atoms with E-state index in [1.807, 2.05) is 12.4 Å². The first-order chi connectivity index (χ1) is 8.45. The first-order valence-electron chi connectivity index (χ1n) is 6.80. The molecular weight excluding hydrogens is 281 g/mol. The fourth-order valence-electron chi connectivity index (χ4n) is 3.06. The second-order valence-electron chi connectivity index (χ2n) is 5.20. The van der Waals surface area contributed by atoms with Gasteiger partial charge in [-0.3, -0.25) is 9.88 Å². The van der Waals surface area contributed by atoms with Gasteiger partial charge in [0.25, 0.3) is 0 Å². The molecule has 1 aliphatic carbocycles. The van der Waals surface area contributed by atoms with Crippen LogP contribution in [0.1, 0.15) is 30.9 Å². The van der Waals surface area contributed by atoms with Gasteiger partial charge in [0.05, 0.1) is 0 Å². The topological polar surface area (TPSA) is 28.2 Å². The number of pyridine rings is 1. The smallest absolute Gasteiger partial charge is 0.0378 e. The molecule has 0 amide bonds. The van der Waals surface area contributed by atoms with Crippen LogP contribution in [0.2, 0.25) is 0 Å². The summed E-state index contributed by atoms with van der Waals surface area (Å²) in [6, 6.07) is 5.03. The molecule has 1 atom stereocenters. The predicted octanol–water partition coefficient (Wildman–Crippen LogP) is 2.67. The summed E-state index contributed by atoms with van der Waals surface area (Å²) in [4.78, 5) is 6.81. The highest BCUT2D eigenvalue weighted by atomic mass is 35.5. The van der Waals surface area contributed by atoms with Crippen LogP contribution >= 0.6 is 24.8 Å². The van der Waals surface area contributed by atoms with Crippen LogP contribution in [-0.4, -0.2) is 36.1 Å². The van der Waals surface area contributed by atoms with E-state index in [0.717, 1.165) is 19.0 Å². The maximum atomic E-state index is 4.15. The van der Waals surface area contributed by atoms with Crippen LogP contribution in [0.15, 0.2) is 24.5 Å². The fourth-order valence-corrected chi connectivity index (χ4v) is 3.06. The Morgan fingerprint density at radius 1 is 1.11 bits per heavy atom. The summed E-state index contributed by atoms with van der Waals surface area (Å²) < 4.78 is 0. The van der Waals surface area contributed by atoms with E-state index in [1.165, 1.54) is 37.9 Å². The van der Waals surface area contributed by atoms with Crippen molar-refractivity contribution in [3.63, 3.8) is 0 Å². The molecule has 19 heavy (non-hydrogen) atoms. The minimum Gasteiger partial charge on any atom is -0.314 e. The molecule has 1 saturated carbocycles. The Balaban J connectivity index is 0.000000902. The molecule has 1 saturated heterocycles. The maximum Gasteiger partial charge on any atom is 0.0378 e. The molecule has 0 aromatic carbocycles. The minimum absolute atomic E-state index is 0. The summed E-state index contributed by atoms with van der Waals surface area (Å²) in [5.41, 5.74) is 1.46. The summed E-state index contributed by atoms with van der Waals surface area (Å²) in [7, 11) is 0. The van der Waals surface area contributed by atoms with Crippen LogP contribution in [-0.2, 0) is 0 Å². The molecule has 2 fully saturated rings. The zero-order valence-electron chi connectivity index (χ0n) is 11.1. The van der Waals surface area contributed by atoms with Crippen molar-refractivity contribution in [3.8, 4) is 0 Å². The van der Waals surface area contributed by atoms with Gasteiger partial charge in [0.15, 0.2) is 0 Å². The Kier molecular flexibility index (Phi) is 7.08. The normalized spacial score (nSPS) is 21.7. The molecule has 2 aliphatic rings. The first-order valence-corrected chi connectivity index (χ1v) is 6.80. The maximum absolute atomic E-state index is 4.15. The molecule has 1 aliphatic heterocycles. The summed E-state index contributed by atoms with van der Waals surface area (Å²) in [6.07, 6.45) is 8.08. The summed E-state index contributed by atoms with van der Waals surface area (Å²) in [6.45, 7) is 4.63. The molecule has 1 aromatic rings. The van der Waals surface area contributed by atoms with E-state index in [4.69, 9.17) is 0 Å². The average Bonchev–Trinajstić information content (AvgIpc) is 2.36. The van der Waals surface area contributed by atoms with Crippen LogP contribution in [0.5, 0.6) is 0 Å². The van der Waals surface area contributed by atoms with Crippen molar-refractivity contribution in [1.29, 1.82) is 0 Å². The van der Waals surface area contributed by atoms with E-state index >= 15 is 0 Å². The van der Waals surface area contributed by atoms with Crippen molar-refractivity contribution >= 4 is 24.8 Å². The average molecular weight is 304 g/mol. The molecule has 1 N–H and O–H groups in total. The number of piperazine rings is 1. The van der Waals surface area contributed by atoms with E-state index < -0.39 is 0 Å². The van der Waals surface area contributed by atoms with Crippen molar-refractivity contribution < 1.29 is 0 Å². The quantitative estimate of drug-likeness (QED) is 0.930. The van der Waals surface area contributed by atoms with E-state index in [0.29, 0.717) is 6.04 Å². The Morgan fingerprint density at radius 3 is 2.26 bits per heavy atom. The van der Waals surface area contributed by atoms with E-state index in [9.17, 15) is 0 Å². The third-order valence-corrected chi connectivity index (χ3v) is 4.19.